The van der Waals surface area contributed by atoms with E-state index in [-0.39, 0.29) is 12.0 Å². The number of hydrogen-bond donors (Lipinski definition) is 2. The van der Waals surface area contributed by atoms with E-state index in [1.165, 1.54) is 0 Å². The van der Waals surface area contributed by atoms with Crippen molar-refractivity contribution in [1.29, 1.82) is 0 Å². The van der Waals surface area contributed by atoms with E-state index in [0.29, 0.717) is 22.8 Å². The van der Waals surface area contributed by atoms with Crippen LogP contribution in [0.4, 0.5) is 5.69 Å². The van der Waals surface area contributed by atoms with Gasteiger partial charge in [0.05, 0.1) is 6.10 Å². The molecule has 1 aliphatic rings. The van der Waals surface area contributed by atoms with Crippen molar-refractivity contribution in [2.45, 2.75) is 25.4 Å². The number of carbonyl (C=O) groups excluding carboxylic acids is 1. The van der Waals surface area contributed by atoms with Gasteiger partial charge >= 0.3 is 0 Å². The molecule has 1 aliphatic heterocycles. The van der Waals surface area contributed by atoms with Gasteiger partial charge < -0.3 is 15.8 Å². The Bertz CT molecular complexity index is 411. The molecule has 1 aromatic carbocycles. The molecule has 1 unspecified atom stereocenters. The summed E-state index contributed by atoms with van der Waals surface area (Å²) in [5.41, 5.74) is 6.63. The number of anilines is 1. The third-order valence-electron chi connectivity index (χ3n) is 2.96. The minimum Gasteiger partial charge on any atom is -0.399 e. The molecule has 18 heavy (non-hydrogen) atoms. The van der Waals surface area contributed by atoms with E-state index in [1.54, 1.807) is 18.2 Å². The van der Waals surface area contributed by atoms with E-state index in [2.05, 4.69) is 5.32 Å². The standard InChI is InChI=1S/C13H17ClN2O2/c14-10-6-9(7-11(15)8-10)13(17)16-4-3-12-2-1-5-18-12/h6-8,12H,1-5,15H2,(H,16,17). The first-order valence-corrected chi connectivity index (χ1v) is 6.49. The highest BCUT2D eigenvalue weighted by Gasteiger charge is 2.15. The monoisotopic (exact) mass is 268 g/mol. The summed E-state index contributed by atoms with van der Waals surface area (Å²) in [6, 6.07) is 4.84. The number of rotatable bonds is 4. The van der Waals surface area contributed by atoms with Gasteiger partial charge in [-0.3, -0.25) is 4.79 Å². The molecule has 0 aliphatic carbocycles. The minimum absolute atomic E-state index is 0.151. The topological polar surface area (TPSA) is 64.4 Å². The number of hydrogen-bond acceptors (Lipinski definition) is 3. The van der Waals surface area contributed by atoms with E-state index in [1.807, 2.05) is 0 Å². The number of nitrogens with two attached hydrogens (primary N) is 1. The van der Waals surface area contributed by atoms with Gasteiger partial charge in [-0.05, 0) is 37.5 Å². The summed E-state index contributed by atoms with van der Waals surface area (Å²) in [5.74, 6) is -0.151. The summed E-state index contributed by atoms with van der Waals surface area (Å²) in [4.78, 5) is 11.9. The Balaban J connectivity index is 1.83. The second-order valence-corrected chi connectivity index (χ2v) is 4.89. The maximum absolute atomic E-state index is 11.9. The molecule has 5 heteroatoms. The Hall–Kier alpha value is -1.26. The number of carbonyl (C=O) groups is 1. The van der Waals surface area contributed by atoms with Crippen LogP contribution in [0.1, 0.15) is 29.6 Å². The lowest BCUT2D eigenvalue weighted by atomic mass is 10.1. The van der Waals surface area contributed by atoms with E-state index in [0.717, 1.165) is 25.9 Å². The molecule has 1 atom stereocenters. The summed E-state index contributed by atoms with van der Waals surface area (Å²) in [5, 5.41) is 3.32. The lowest BCUT2D eigenvalue weighted by Gasteiger charge is -2.10. The second-order valence-electron chi connectivity index (χ2n) is 4.45. The molecule has 4 nitrogen and oxygen atoms in total. The maximum atomic E-state index is 11.9. The zero-order valence-corrected chi connectivity index (χ0v) is 10.9. The number of amides is 1. The van der Waals surface area contributed by atoms with E-state index in [9.17, 15) is 4.79 Å². The van der Waals surface area contributed by atoms with Crippen LogP contribution in [-0.2, 0) is 4.74 Å². The van der Waals surface area contributed by atoms with Crippen LogP contribution in [-0.4, -0.2) is 25.2 Å². The Morgan fingerprint density at radius 3 is 3.00 bits per heavy atom. The first-order valence-electron chi connectivity index (χ1n) is 6.11. The minimum atomic E-state index is -0.151. The molecule has 1 saturated heterocycles. The van der Waals surface area contributed by atoms with Crippen molar-refractivity contribution in [1.82, 2.24) is 5.32 Å². The van der Waals surface area contributed by atoms with Gasteiger partial charge in [0.15, 0.2) is 0 Å². The molecule has 0 spiro atoms. The van der Waals surface area contributed by atoms with Gasteiger partial charge in [-0.1, -0.05) is 11.6 Å². The van der Waals surface area contributed by atoms with Gasteiger partial charge in [0.1, 0.15) is 0 Å². The average Bonchev–Trinajstić information content (AvgIpc) is 2.80. The van der Waals surface area contributed by atoms with Gasteiger partial charge in [-0.2, -0.15) is 0 Å². The molecule has 3 N–H and O–H groups in total. The number of ether oxygens (including phenoxy) is 1. The van der Waals surface area contributed by atoms with Gasteiger partial charge in [-0.15, -0.1) is 0 Å². The highest BCUT2D eigenvalue weighted by Crippen LogP contribution is 2.17. The smallest absolute Gasteiger partial charge is 0.251 e. The van der Waals surface area contributed by atoms with Crippen LogP contribution in [0.15, 0.2) is 18.2 Å². The van der Waals surface area contributed by atoms with Crippen molar-refractivity contribution >= 4 is 23.2 Å². The molecule has 0 radical (unpaired) electrons. The zero-order chi connectivity index (χ0) is 13.0. The van der Waals surface area contributed by atoms with Crippen LogP contribution < -0.4 is 11.1 Å². The van der Waals surface area contributed by atoms with E-state index < -0.39 is 0 Å². The van der Waals surface area contributed by atoms with Gasteiger partial charge in [-0.25, -0.2) is 0 Å². The molecule has 1 heterocycles. The average molecular weight is 269 g/mol. The highest BCUT2D eigenvalue weighted by molar-refractivity contribution is 6.31. The summed E-state index contributed by atoms with van der Waals surface area (Å²) in [6.07, 6.45) is 3.33. The van der Waals surface area contributed by atoms with Crippen molar-refractivity contribution in [3.63, 3.8) is 0 Å². The maximum Gasteiger partial charge on any atom is 0.251 e. The van der Waals surface area contributed by atoms with Crippen LogP contribution in [0.3, 0.4) is 0 Å². The first-order chi connectivity index (χ1) is 8.65. The zero-order valence-electron chi connectivity index (χ0n) is 10.1. The molecule has 0 bridgehead atoms. The van der Waals surface area contributed by atoms with Gasteiger partial charge in [0, 0.05) is 29.4 Å². The number of benzene rings is 1. The van der Waals surface area contributed by atoms with E-state index in [4.69, 9.17) is 22.1 Å². The van der Waals surface area contributed by atoms with Crippen molar-refractivity contribution in [2.24, 2.45) is 0 Å². The second kappa shape index (κ2) is 6.07. The van der Waals surface area contributed by atoms with Gasteiger partial charge in [0.25, 0.3) is 5.91 Å². The van der Waals surface area contributed by atoms with Crippen LogP contribution in [0.2, 0.25) is 5.02 Å². The van der Waals surface area contributed by atoms with Crippen molar-refractivity contribution in [2.75, 3.05) is 18.9 Å². The lowest BCUT2D eigenvalue weighted by Crippen LogP contribution is -2.27. The van der Waals surface area contributed by atoms with Gasteiger partial charge in [0.2, 0.25) is 0 Å². The van der Waals surface area contributed by atoms with Crippen LogP contribution >= 0.6 is 11.6 Å². The number of halogens is 1. The molecular formula is C13H17ClN2O2. The fraction of sp³-hybridized carbons (Fsp3) is 0.462. The highest BCUT2D eigenvalue weighted by atomic mass is 35.5. The van der Waals surface area contributed by atoms with Crippen LogP contribution in [0, 0.1) is 0 Å². The normalized spacial score (nSPS) is 18.8. The molecule has 1 aromatic rings. The summed E-state index contributed by atoms with van der Waals surface area (Å²) in [7, 11) is 0. The largest absolute Gasteiger partial charge is 0.399 e. The van der Waals surface area contributed by atoms with Crippen LogP contribution in [0.5, 0.6) is 0 Å². The number of nitrogen functional groups attached to an aromatic ring is 1. The number of nitrogens with one attached hydrogen (secondary N) is 1. The molecule has 0 aromatic heterocycles. The Kier molecular flexibility index (Phi) is 4.44. The van der Waals surface area contributed by atoms with Crippen molar-refractivity contribution in [3.8, 4) is 0 Å². The molecule has 0 saturated carbocycles. The molecule has 1 amide bonds. The van der Waals surface area contributed by atoms with Crippen molar-refractivity contribution < 1.29 is 9.53 Å². The Morgan fingerprint density at radius 2 is 2.33 bits per heavy atom. The fourth-order valence-electron chi connectivity index (χ4n) is 2.06. The Labute approximate surface area is 111 Å². The fourth-order valence-corrected chi connectivity index (χ4v) is 2.31. The van der Waals surface area contributed by atoms with E-state index >= 15 is 0 Å². The Morgan fingerprint density at radius 1 is 1.50 bits per heavy atom. The lowest BCUT2D eigenvalue weighted by molar-refractivity contribution is 0.0907. The first kappa shape index (κ1) is 13.2. The third-order valence-corrected chi connectivity index (χ3v) is 3.18. The molecule has 1 fully saturated rings. The summed E-state index contributed by atoms with van der Waals surface area (Å²) >= 11 is 5.85. The molecule has 98 valence electrons. The predicted octanol–water partition coefficient (Wildman–Crippen LogP) is 2.22. The quantitative estimate of drug-likeness (QED) is 0.823. The molecule has 2 rings (SSSR count). The van der Waals surface area contributed by atoms with Crippen molar-refractivity contribution in [3.05, 3.63) is 28.8 Å². The summed E-state index contributed by atoms with van der Waals surface area (Å²) < 4.78 is 5.49. The van der Waals surface area contributed by atoms with Crippen LogP contribution in [0.25, 0.3) is 0 Å². The predicted molar refractivity (Wildman–Crippen MR) is 71.8 cm³/mol. The molecular weight excluding hydrogens is 252 g/mol. The third kappa shape index (κ3) is 3.62. The summed E-state index contributed by atoms with van der Waals surface area (Å²) in [6.45, 7) is 1.44. The SMILES string of the molecule is Nc1cc(Cl)cc(C(=O)NCCC2CCCO2)c1.